The minimum absolute atomic E-state index is 0.163. The summed E-state index contributed by atoms with van der Waals surface area (Å²) < 4.78 is 0. The molecule has 2 aromatic carbocycles. The predicted octanol–water partition coefficient (Wildman–Crippen LogP) is 7.21. The number of carboxylic acids is 1. The average Bonchev–Trinajstić information content (AvgIpc) is 2.83. The second-order valence-corrected chi connectivity index (χ2v) is 7.44. The molecule has 34 heavy (non-hydrogen) atoms. The zero-order valence-electron chi connectivity index (χ0n) is 18.0. The molecule has 0 heterocycles. The number of carboxylic acid groups (broad SMARTS) is 1. The van der Waals surface area contributed by atoms with Crippen molar-refractivity contribution in [3.05, 3.63) is 116 Å². The predicted molar refractivity (Wildman–Crippen MR) is 130 cm³/mol. The van der Waals surface area contributed by atoms with Gasteiger partial charge >= 0.3 is 5.97 Å². The van der Waals surface area contributed by atoms with Gasteiger partial charge in [-0.05, 0) is 35.0 Å². The Morgan fingerprint density at radius 1 is 0.824 bits per heavy atom. The third-order valence-electron chi connectivity index (χ3n) is 5.14. The van der Waals surface area contributed by atoms with E-state index in [0.29, 0.717) is 22.5 Å². The molecule has 0 unspecified atom stereocenters. The van der Waals surface area contributed by atoms with Crippen LogP contribution in [0.1, 0.15) is 24.0 Å². The Morgan fingerprint density at radius 3 is 1.59 bits per heavy atom. The van der Waals surface area contributed by atoms with Crippen molar-refractivity contribution >= 4 is 35.3 Å². The number of nitrogens with zero attached hydrogens (tertiary/aromatic N) is 6. The van der Waals surface area contributed by atoms with Crippen molar-refractivity contribution in [2.45, 2.75) is 12.8 Å². The highest BCUT2D eigenvalue weighted by atomic mass is 16.4. The van der Waals surface area contributed by atoms with Crippen LogP contribution in [-0.4, -0.2) is 16.9 Å². The van der Waals surface area contributed by atoms with Gasteiger partial charge in [-0.2, -0.15) is 0 Å². The standard InChI is InChI=1S/C25H20N6O3/c26-30-28-22-11-7-17(8-12-22)3-1-5-19-15-21(25(33)34)16-20(24(19)32)6-2-4-18-9-13-23(14-10-18)29-31-27/h1-14,21H,15-16H2,(H,33,34)/b3-1+,4-2+,19-5+,20-6+. The van der Waals surface area contributed by atoms with Crippen molar-refractivity contribution in [1.29, 1.82) is 0 Å². The number of ketones is 1. The van der Waals surface area contributed by atoms with Crippen molar-refractivity contribution in [3.63, 3.8) is 0 Å². The molecule has 1 fully saturated rings. The minimum atomic E-state index is -0.945. The number of azide groups is 2. The highest BCUT2D eigenvalue weighted by molar-refractivity contribution is 6.10. The monoisotopic (exact) mass is 452 g/mol. The zero-order valence-corrected chi connectivity index (χ0v) is 18.0. The lowest BCUT2D eigenvalue weighted by Gasteiger charge is -2.22. The molecule has 3 rings (SSSR count). The van der Waals surface area contributed by atoms with Crippen molar-refractivity contribution in [1.82, 2.24) is 0 Å². The summed E-state index contributed by atoms with van der Waals surface area (Å²) in [6, 6.07) is 13.8. The molecule has 0 spiro atoms. The lowest BCUT2D eigenvalue weighted by Crippen LogP contribution is -2.25. The fourth-order valence-corrected chi connectivity index (χ4v) is 3.42. The Morgan fingerprint density at radius 2 is 1.24 bits per heavy atom. The summed E-state index contributed by atoms with van der Waals surface area (Å²) in [5.74, 6) is -1.80. The SMILES string of the molecule is [N-]=[N+]=Nc1ccc(/C=C/C=C2\CC(C(=O)O)C/C(=C\C=C\c3ccc(N=[N+]=[N-])cc3)C2=O)cc1. The Labute approximate surface area is 195 Å². The maximum absolute atomic E-state index is 12.9. The van der Waals surface area contributed by atoms with Crippen molar-refractivity contribution in [3.8, 4) is 0 Å². The fourth-order valence-electron chi connectivity index (χ4n) is 3.42. The van der Waals surface area contributed by atoms with Crippen LogP contribution in [0, 0.1) is 5.92 Å². The summed E-state index contributed by atoms with van der Waals surface area (Å²) in [5.41, 5.74) is 20.5. The van der Waals surface area contributed by atoms with E-state index in [0.717, 1.165) is 11.1 Å². The number of benzene rings is 2. The van der Waals surface area contributed by atoms with Crippen LogP contribution in [0.2, 0.25) is 0 Å². The quantitative estimate of drug-likeness (QED) is 0.204. The molecule has 1 aliphatic rings. The third kappa shape index (κ3) is 6.58. The van der Waals surface area contributed by atoms with E-state index in [1.54, 1.807) is 85.0 Å². The van der Waals surface area contributed by atoms with Crippen molar-refractivity contribution in [2.75, 3.05) is 0 Å². The number of aliphatic carboxylic acids is 1. The maximum atomic E-state index is 12.9. The lowest BCUT2D eigenvalue weighted by molar-refractivity contribution is -0.142. The largest absolute Gasteiger partial charge is 0.481 e. The van der Waals surface area contributed by atoms with Crippen LogP contribution in [0.3, 0.4) is 0 Å². The zero-order chi connectivity index (χ0) is 24.3. The summed E-state index contributed by atoms with van der Waals surface area (Å²) in [6.07, 6.45) is 10.6. The van der Waals surface area contributed by atoms with Crippen LogP contribution in [0.4, 0.5) is 11.4 Å². The first-order chi connectivity index (χ1) is 16.5. The first-order valence-electron chi connectivity index (χ1n) is 10.3. The molecule has 1 aliphatic carbocycles. The van der Waals surface area contributed by atoms with E-state index in [2.05, 4.69) is 20.1 Å². The molecule has 0 amide bonds. The Balaban J connectivity index is 1.77. The summed E-state index contributed by atoms with van der Waals surface area (Å²) in [4.78, 5) is 30.0. The minimum Gasteiger partial charge on any atom is -0.481 e. The fraction of sp³-hybridized carbons (Fsp3) is 0.120. The molecule has 0 saturated heterocycles. The third-order valence-corrected chi connectivity index (χ3v) is 5.14. The molecule has 9 nitrogen and oxygen atoms in total. The van der Waals surface area contributed by atoms with E-state index in [4.69, 9.17) is 11.1 Å². The van der Waals surface area contributed by atoms with Gasteiger partial charge in [0.05, 0.1) is 5.92 Å². The smallest absolute Gasteiger partial charge is 0.307 e. The van der Waals surface area contributed by atoms with Gasteiger partial charge in [-0.15, -0.1) is 0 Å². The lowest BCUT2D eigenvalue weighted by atomic mass is 9.80. The summed E-state index contributed by atoms with van der Waals surface area (Å²) in [5, 5.41) is 16.6. The normalized spacial score (nSPS) is 18.2. The summed E-state index contributed by atoms with van der Waals surface area (Å²) in [7, 11) is 0. The molecular formula is C25H20N6O3. The second kappa shape index (κ2) is 11.7. The Kier molecular flexibility index (Phi) is 8.19. The number of hydrogen-bond donors (Lipinski definition) is 1. The van der Waals surface area contributed by atoms with E-state index in [9.17, 15) is 14.7 Å². The Hall–Kier alpha value is -4.84. The van der Waals surface area contributed by atoms with Crippen LogP contribution in [0.5, 0.6) is 0 Å². The van der Waals surface area contributed by atoms with Crippen molar-refractivity contribution < 1.29 is 14.7 Å². The van der Waals surface area contributed by atoms with Crippen LogP contribution in [0.25, 0.3) is 33.0 Å². The summed E-state index contributed by atoms with van der Waals surface area (Å²) >= 11 is 0. The van der Waals surface area contributed by atoms with Gasteiger partial charge in [0.25, 0.3) is 0 Å². The molecule has 9 heteroatoms. The van der Waals surface area contributed by atoms with E-state index in [1.807, 2.05) is 0 Å². The van der Waals surface area contributed by atoms with Crippen LogP contribution < -0.4 is 0 Å². The number of hydrogen-bond acceptors (Lipinski definition) is 4. The van der Waals surface area contributed by atoms with Gasteiger partial charge in [0.1, 0.15) is 0 Å². The van der Waals surface area contributed by atoms with Gasteiger partial charge in [-0.1, -0.05) is 95.2 Å². The molecule has 1 N–H and O–H groups in total. The number of allylic oxidation sites excluding steroid dienone is 6. The van der Waals surface area contributed by atoms with Gasteiger partial charge in [0.2, 0.25) is 0 Å². The molecule has 168 valence electrons. The first-order valence-corrected chi connectivity index (χ1v) is 10.3. The highest BCUT2D eigenvalue weighted by Crippen LogP contribution is 2.30. The molecule has 0 radical (unpaired) electrons. The van der Waals surface area contributed by atoms with Gasteiger partial charge in [0.15, 0.2) is 5.78 Å². The molecular weight excluding hydrogens is 432 g/mol. The number of Topliss-reactive ketones (excluding diaryl/α,β-unsaturated/α-hetero) is 1. The number of rotatable bonds is 7. The molecule has 0 aromatic heterocycles. The molecule has 1 saturated carbocycles. The van der Waals surface area contributed by atoms with Gasteiger partial charge in [-0.3, -0.25) is 9.59 Å². The van der Waals surface area contributed by atoms with Crippen LogP contribution in [-0.2, 0) is 9.59 Å². The molecule has 0 aliphatic heterocycles. The Bertz CT molecular complexity index is 1200. The van der Waals surface area contributed by atoms with Crippen LogP contribution >= 0.6 is 0 Å². The topological polar surface area (TPSA) is 152 Å². The molecule has 2 aromatic rings. The average molecular weight is 452 g/mol. The molecule has 0 atom stereocenters. The van der Waals surface area contributed by atoms with E-state index in [1.165, 1.54) is 0 Å². The number of carbonyl (C=O) groups excluding carboxylic acids is 1. The molecule has 0 bridgehead atoms. The summed E-state index contributed by atoms with van der Waals surface area (Å²) in [6.45, 7) is 0. The van der Waals surface area contributed by atoms with Crippen molar-refractivity contribution in [2.24, 2.45) is 16.1 Å². The van der Waals surface area contributed by atoms with Gasteiger partial charge in [0, 0.05) is 32.3 Å². The van der Waals surface area contributed by atoms with E-state index >= 15 is 0 Å². The van der Waals surface area contributed by atoms with Crippen LogP contribution in [0.15, 0.2) is 94.2 Å². The van der Waals surface area contributed by atoms with Gasteiger partial charge in [-0.25, -0.2) is 0 Å². The highest BCUT2D eigenvalue weighted by Gasteiger charge is 2.31. The van der Waals surface area contributed by atoms with Gasteiger partial charge < -0.3 is 5.11 Å². The number of carbonyl (C=O) groups is 2. The first kappa shape index (κ1) is 23.8. The van der Waals surface area contributed by atoms with E-state index in [-0.39, 0.29) is 18.6 Å². The van der Waals surface area contributed by atoms with E-state index < -0.39 is 11.9 Å². The maximum Gasteiger partial charge on any atom is 0.307 e. The second-order valence-electron chi connectivity index (χ2n) is 7.44.